The van der Waals surface area contributed by atoms with Crippen LogP contribution in [0.4, 0.5) is 5.95 Å². The Balaban J connectivity index is 1.80. The maximum Gasteiger partial charge on any atom is 0.332 e. The van der Waals surface area contributed by atoms with Crippen LogP contribution in [-0.4, -0.2) is 50.4 Å². The fourth-order valence-electron chi connectivity index (χ4n) is 3.68. The lowest BCUT2D eigenvalue weighted by molar-refractivity contribution is -0.153. The van der Waals surface area contributed by atoms with Crippen LogP contribution >= 0.6 is 11.3 Å². The number of esters is 2. The zero-order chi connectivity index (χ0) is 22.1. The SMILES string of the molecule is COC(=O)C[C@@H]1C[C@@H](OC(C)=O)[C@H](n2c(=O)n(Cc3ccsc3)c3cnc(N)nc32)O1. The second kappa shape index (κ2) is 8.47. The lowest BCUT2D eigenvalue weighted by atomic mass is 10.1. The second-order valence-corrected chi connectivity index (χ2v) is 7.90. The van der Waals surface area contributed by atoms with Crippen molar-refractivity contribution in [2.75, 3.05) is 12.8 Å². The van der Waals surface area contributed by atoms with E-state index < -0.39 is 36.1 Å². The van der Waals surface area contributed by atoms with E-state index >= 15 is 0 Å². The average molecular weight is 447 g/mol. The molecule has 0 aromatic carbocycles. The Morgan fingerprint density at radius 3 is 2.90 bits per heavy atom. The summed E-state index contributed by atoms with van der Waals surface area (Å²) in [6, 6.07) is 1.92. The van der Waals surface area contributed by atoms with E-state index in [0.717, 1.165) is 5.56 Å². The number of nitrogen functional groups attached to an aromatic ring is 1. The van der Waals surface area contributed by atoms with E-state index in [-0.39, 0.29) is 24.4 Å². The molecule has 3 atom stereocenters. The van der Waals surface area contributed by atoms with Gasteiger partial charge in [-0.2, -0.15) is 16.3 Å². The van der Waals surface area contributed by atoms with Gasteiger partial charge in [-0.15, -0.1) is 0 Å². The van der Waals surface area contributed by atoms with Gasteiger partial charge in [0, 0.05) is 13.3 Å². The summed E-state index contributed by atoms with van der Waals surface area (Å²) in [5, 5.41) is 3.86. The summed E-state index contributed by atoms with van der Waals surface area (Å²) in [5.74, 6) is -1.00. The number of methoxy groups -OCH3 is 1. The molecule has 1 fully saturated rings. The highest BCUT2D eigenvalue weighted by atomic mass is 32.1. The van der Waals surface area contributed by atoms with E-state index in [0.29, 0.717) is 12.1 Å². The molecule has 0 spiro atoms. The number of fused-ring (bicyclic) bond motifs is 1. The lowest BCUT2D eigenvalue weighted by Gasteiger charge is -2.19. The Morgan fingerprint density at radius 2 is 2.23 bits per heavy atom. The molecule has 4 rings (SSSR count). The molecule has 12 heteroatoms. The Kier molecular flexibility index (Phi) is 5.74. The molecule has 0 saturated carbocycles. The Labute approximate surface area is 180 Å². The van der Waals surface area contributed by atoms with E-state index in [1.807, 2.05) is 16.8 Å². The predicted molar refractivity (Wildman–Crippen MR) is 110 cm³/mol. The van der Waals surface area contributed by atoms with E-state index in [1.165, 1.54) is 40.7 Å². The van der Waals surface area contributed by atoms with Crippen LogP contribution in [0.25, 0.3) is 11.2 Å². The largest absolute Gasteiger partial charge is 0.469 e. The van der Waals surface area contributed by atoms with Crippen molar-refractivity contribution in [2.45, 2.75) is 44.7 Å². The summed E-state index contributed by atoms with van der Waals surface area (Å²) in [7, 11) is 1.28. The van der Waals surface area contributed by atoms with Crippen LogP contribution in [0.2, 0.25) is 0 Å². The fourth-order valence-corrected chi connectivity index (χ4v) is 4.34. The number of hydrogen-bond acceptors (Lipinski definition) is 10. The molecule has 31 heavy (non-hydrogen) atoms. The number of carbonyl (C=O) groups excluding carboxylic acids is 2. The molecule has 1 aliphatic heterocycles. The molecule has 1 saturated heterocycles. The molecule has 1 aliphatic rings. The first kappa shape index (κ1) is 21.0. The molecule has 0 bridgehead atoms. The highest BCUT2D eigenvalue weighted by Crippen LogP contribution is 2.34. The number of ether oxygens (including phenoxy) is 3. The van der Waals surface area contributed by atoms with Gasteiger partial charge in [-0.25, -0.2) is 14.3 Å². The van der Waals surface area contributed by atoms with Gasteiger partial charge in [0.15, 0.2) is 11.9 Å². The fraction of sp³-hybridized carbons (Fsp3) is 0.421. The van der Waals surface area contributed by atoms with Crippen molar-refractivity contribution in [1.29, 1.82) is 0 Å². The predicted octanol–water partition coefficient (Wildman–Crippen LogP) is 1.07. The van der Waals surface area contributed by atoms with Gasteiger partial charge in [0.2, 0.25) is 5.95 Å². The number of anilines is 1. The number of carbonyl (C=O) groups is 2. The summed E-state index contributed by atoms with van der Waals surface area (Å²) in [6.07, 6.45) is -0.701. The zero-order valence-corrected chi connectivity index (χ0v) is 17.7. The molecule has 4 heterocycles. The van der Waals surface area contributed by atoms with Crippen molar-refractivity contribution >= 4 is 40.4 Å². The molecule has 3 aromatic heterocycles. The highest BCUT2D eigenvalue weighted by Gasteiger charge is 2.42. The van der Waals surface area contributed by atoms with Crippen LogP contribution in [0, 0.1) is 0 Å². The van der Waals surface area contributed by atoms with Crippen molar-refractivity contribution in [2.24, 2.45) is 0 Å². The third kappa shape index (κ3) is 4.16. The number of rotatable bonds is 6. The monoisotopic (exact) mass is 447 g/mol. The van der Waals surface area contributed by atoms with Crippen molar-refractivity contribution in [3.63, 3.8) is 0 Å². The number of imidazole rings is 1. The van der Waals surface area contributed by atoms with Gasteiger partial charge < -0.3 is 19.9 Å². The van der Waals surface area contributed by atoms with Crippen molar-refractivity contribution < 1.29 is 23.8 Å². The summed E-state index contributed by atoms with van der Waals surface area (Å²) in [5.41, 5.74) is 7.03. The van der Waals surface area contributed by atoms with Gasteiger partial charge in [0.05, 0.1) is 32.4 Å². The van der Waals surface area contributed by atoms with Gasteiger partial charge in [0.1, 0.15) is 11.6 Å². The summed E-state index contributed by atoms with van der Waals surface area (Å²) >= 11 is 1.52. The van der Waals surface area contributed by atoms with Crippen LogP contribution < -0.4 is 11.4 Å². The van der Waals surface area contributed by atoms with Gasteiger partial charge >= 0.3 is 17.6 Å². The Morgan fingerprint density at radius 1 is 1.42 bits per heavy atom. The van der Waals surface area contributed by atoms with Crippen LogP contribution in [0.5, 0.6) is 0 Å². The van der Waals surface area contributed by atoms with E-state index in [2.05, 4.69) is 9.97 Å². The number of aromatic nitrogens is 4. The Bertz CT molecular complexity index is 1170. The van der Waals surface area contributed by atoms with Crippen LogP contribution in [-0.2, 0) is 30.3 Å². The zero-order valence-electron chi connectivity index (χ0n) is 16.9. The van der Waals surface area contributed by atoms with Gasteiger partial charge in [-0.1, -0.05) is 0 Å². The first-order chi connectivity index (χ1) is 14.9. The lowest BCUT2D eigenvalue weighted by Crippen LogP contribution is -2.33. The van der Waals surface area contributed by atoms with Crippen LogP contribution in [0.1, 0.15) is 31.6 Å². The standard InChI is InChI=1S/C19H21N5O6S/c1-10(25)29-14-5-12(6-15(26)28-2)30-17(14)24-16-13(7-21-18(20)22-16)23(19(24)27)8-11-3-4-31-9-11/h3-4,7,9,12,14,17H,5-6,8H2,1-2H3,(H2,20,21,22)/t12-,14+,17+/m0/s1. The maximum absolute atomic E-state index is 13.4. The number of hydrogen-bond donors (Lipinski definition) is 1. The van der Waals surface area contributed by atoms with Crippen LogP contribution in [0.15, 0.2) is 27.8 Å². The number of thiophene rings is 1. The second-order valence-electron chi connectivity index (χ2n) is 7.12. The summed E-state index contributed by atoms with van der Waals surface area (Å²) in [6.45, 7) is 1.57. The van der Waals surface area contributed by atoms with Gasteiger partial charge in [-0.05, 0) is 22.4 Å². The van der Waals surface area contributed by atoms with E-state index in [1.54, 1.807) is 0 Å². The summed E-state index contributed by atoms with van der Waals surface area (Å²) < 4.78 is 18.9. The molecule has 0 unspecified atom stereocenters. The molecule has 0 radical (unpaired) electrons. The normalized spacial score (nSPS) is 20.8. The van der Waals surface area contributed by atoms with Gasteiger partial charge in [0.25, 0.3) is 0 Å². The maximum atomic E-state index is 13.4. The topological polar surface area (TPSA) is 141 Å². The molecule has 0 aliphatic carbocycles. The van der Waals surface area contributed by atoms with Crippen molar-refractivity contribution in [1.82, 2.24) is 19.1 Å². The summed E-state index contributed by atoms with van der Waals surface area (Å²) in [4.78, 5) is 45.1. The number of nitrogens with zero attached hydrogens (tertiary/aromatic N) is 4. The quantitative estimate of drug-likeness (QED) is 0.549. The van der Waals surface area contributed by atoms with Crippen LogP contribution in [0.3, 0.4) is 0 Å². The minimum absolute atomic E-state index is 0.0120. The third-order valence-corrected chi connectivity index (χ3v) is 5.72. The minimum atomic E-state index is -0.980. The molecule has 11 nitrogen and oxygen atoms in total. The smallest absolute Gasteiger partial charge is 0.332 e. The van der Waals surface area contributed by atoms with E-state index in [4.69, 9.17) is 19.9 Å². The van der Waals surface area contributed by atoms with Crippen molar-refractivity contribution in [3.8, 4) is 0 Å². The Hall–Kier alpha value is -3.25. The minimum Gasteiger partial charge on any atom is -0.469 e. The molecule has 164 valence electrons. The molecule has 0 amide bonds. The van der Waals surface area contributed by atoms with Gasteiger partial charge in [-0.3, -0.25) is 14.2 Å². The van der Waals surface area contributed by atoms with E-state index in [9.17, 15) is 14.4 Å². The highest BCUT2D eigenvalue weighted by molar-refractivity contribution is 7.07. The average Bonchev–Trinajstić information content (AvgIpc) is 3.42. The first-order valence-corrected chi connectivity index (χ1v) is 10.5. The molecule has 3 aromatic rings. The third-order valence-electron chi connectivity index (χ3n) is 4.98. The first-order valence-electron chi connectivity index (χ1n) is 9.51. The molecule has 2 N–H and O–H groups in total. The number of nitrogens with two attached hydrogens (primary N) is 1. The molecular formula is C19H21N5O6S. The van der Waals surface area contributed by atoms with Crippen molar-refractivity contribution in [3.05, 3.63) is 39.1 Å². The molecular weight excluding hydrogens is 426 g/mol.